The molecule has 0 unspecified atom stereocenters. The van der Waals surface area contributed by atoms with Crippen LogP contribution in [0.5, 0.6) is 5.75 Å². The number of hydrogen-bond donors (Lipinski definition) is 1. The van der Waals surface area contributed by atoms with Crippen molar-refractivity contribution in [2.24, 2.45) is 0 Å². The Hall–Kier alpha value is -2.68. The zero-order valence-electron chi connectivity index (χ0n) is 15.9. The van der Waals surface area contributed by atoms with Gasteiger partial charge in [0.25, 0.3) is 0 Å². The second-order valence-corrected chi connectivity index (χ2v) is 9.83. The molecule has 1 aliphatic rings. The number of alkyl halides is 2. The fourth-order valence-corrected chi connectivity index (χ4v) is 5.80. The third-order valence-electron chi connectivity index (χ3n) is 4.65. The largest absolute Gasteiger partial charge is 0.480 e. The van der Waals surface area contributed by atoms with Gasteiger partial charge in [-0.2, -0.15) is 23.1 Å². The van der Waals surface area contributed by atoms with E-state index >= 15 is 0 Å². The average Bonchev–Trinajstić information content (AvgIpc) is 3.16. The number of hydrogen-bond acceptors (Lipinski definition) is 9. The number of carboxylic acids is 1. The van der Waals surface area contributed by atoms with Crippen LogP contribution in [0.15, 0.2) is 35.4 Å². The normalized spacial score (nSPS) is 17.8. The van der Waals surface area contributed by atoms with Crippen molar-refractivity contribution in [3.63, 3.8) is 0 Å². The standard InChI is InChI=1S/C17H14ClF2N5O5S2/c18-15-21-7-12-13(22-15)23-17(31-12)24-5-6-25(11(8-24)14(26)27)32(28,29)10-3-1-9(2-4-10)30-16(19)20/h1-4,7,11,16H,5-6,8H2,(H,26,27)/t11-/m1/s1. The predicted molar refractivity (Wildman–Crippen MR) is 111 cm³/mol. The van der Waals surface area contributed by atoms with E-state index in [4.69, 9.17) is 11.6 Å². The van der Waals surface area contributed by atoms with Gasteiger partial charge in [-0.3, -0.25) is 4.79 Å². The first kappa shape index (κ1) is 22.5. The van der Waals surface area contributed by atoms with Crippen molar-refractivity contribution in [3.8, 4) is 5.75 Å². The summed E-state index contributed by atoms with van der Waals surface area (Å²) in [5.74, 6) is -1.54. The number of sulfonamides is 1. The molecular weight excluding hydrogens is 492 g/mol. The summed E-state index contributed by atoms with van der Waals surface area (Å²) in [6.07, 6.45) is 1.50. The number of rotatable bonds is 6. The van der Waals surface area contributed by atoms with E-state index in [1.165, 1.54) is 17.5 Å². The molecule has 1 fully saturated rings. The summed E-state index contributed by atoms with van der Waals surface area (Å²) in [5, 5.41) is 10.2. The molecule has 0 spiro atoms. The number of halogens is 3. The van der Waals surface area contributed by atoms with E-state index in [9.17, 15) is 27.1 Å². The zero-order valence-corrected chi connectivity index (χ0v) is 18.3. The minimum absolute atomic E-state index is 0.0265. The number of fused-ring (bicyclic) bond motifs is 1. The number of carboxylic acid groups (broad SMARTS) is 1. The molecule has 32 heavy (non-hydrogen) atoms. The fraction of sp³-hybridized carbons (Fsp3) is 0.294. The summed E-state index contributed by atoms with van der Waals surface area (Å²) in [7, 11) is -4.21. The van der Waals surface area contributed by atoms with Gasteiger partial charge < -0.3 is 14.7 Å². The van der Waals surface area contributed by atoms with Crippen molar-refractivity contribution in [3.05, 3.63) is 35.7 Å². The van der Waals surface area contributed by atoms with Gasteiger partial charge in [0.15, 0.2) is 10.8 Å². The van der Waals surface area contributed by atoms with E-state index < -0.39 is 28.6 Å². The first-order chi connectivity index (χ1) is 15.1. The first-order valence-corrected chi connectivity index (χ1v) is 11.6. The molecule has 4 rings (SSSR count). The molecule has 170 valence electrons. The second kappa shape index (κ2) is 8.69. The van der Waals surface area contributed by atoms with Crippen LogP contribution in [0.2, 0.25) is 5.28 Å². The number of aromatic nitrogens is 3. The van der Waals surface area contributed by atoms with Gasteiger partial charge >= 0.3 is 12.6 Å². The van der Waals surface area contributed by atoms with Gasteiger partial charge in [0.05, 0.1) is 15.8 Å². The van der Waals surface area contributed by atoms with Gasteiger partial charge in [-0.1, -0.05) is 11.3 Å². The van der Waals surface area contributed by atoms with Gasteiger partial charge in [-0.05, 0) is 35.9 Å². The van der Waals surface area contributed by atoms with Crippen molar-refractivity contribution in [1.82, 2.24) is 19.3 Å². The van der Waals surface area contributed by atoms with E-state index in [2.05, 4.69) is 19.7 Å². The lowest BCUT2D eigenvalue weighted by Gasteiger charge is -2.38. The summed E-state index contributed by atoms with van der Waals surface area (Å²) in [6.45, 7) is -3.15. The highest BCUT2D eigenvalue weighted by atomic mass is 35.5. The van der Waals surface area contributed by atoms with E-state index in [0.717, 1.165) is 28.6 Å². The number of anilines is 1. The topological polar surface area (TPSA) is 126 Å². The molecule has 1 aliphatic heterocycles. The van der Waals surface area contributed by atoms with Gasteiger partial charge in [-0.15, -0.1) is 0 Å². The lowest BCUT2D eigenvalue weighted by atomic mass is 10.2. The highest BCUT2D eigenvalue weighted by molar-refractivity contribution is 7.89. The minimum atomic E-state index is -4.21. The number of carbonyl (C=O) groups is 1. The van der Waals surface area contributed by atoms with Crippen LogP contribution in [0.25, 0.3) is 10.3 Å². The Labute approximate surface area is 189 Å². The van der Waals surface area contributed by atoms with Crippen molar-refractivity contribution in [1.29, 1.82) is 0 Å². The summed E-state index contributed by atoms with van der Waals surface area (Å²) in [6, 6.07) is 2.95. The molecule has 0 aliphatic carbocycles. The third-order valence-corrected chi connectivity index (χ3v) is 7.80. The molecule has 1 saturated heterocycles. The van der Waals surface area contributed by atoms with Gasteiger partial charge in [0.2, 0.25) is 15.3 Å². The maximum absolute atomic E-state index is 13.1. The quantitative estimate of drug-likeness (QED) is 0.502. The Balaban J connectivity index is 1.58. The zero-order chi connectivity index (χ0) is 23.0. The lowest BCUT2D eigenvalue weighted by Crippen LogP contribution is -2.58. The molecular formula is C17H14ClF2N5O5S2. The molecule has 1 atom stereocenters. The van der Waals surface area contributed by atoms with E-state index in [1.54, 1.807) is 4.90 Å². The smallest absolute Gasteiger partial charge is 0.387 e. The molecule has 0 bridgehead atoms. The van der Waals surface area contributed by atoms with Crippen LogP contribution in [0.4, 0.5) is 13.9 Å². The van der Waals surface area contributed by atoms with Crippen LogP contribution in [0.1, 0.15) is 0 Å². The Morgan fingerprint density at radius 1 is 1.25 bits per heavy atom. The van der Waals surface area contributed by atoms with Crippen molar-refractivity contribution in [2.45, 2.75) is 17.5 Å². The van der Waals surface area contributed by atoms with E-state index in [-0.39, 0.29) is 35.6 Å². The number of piperazine rings is 1. The van der Waals surface area contributed by atoms with Crippen LogP contribution < -0.4 is 9.64 Å². The Morgan fingerprint density at radius 3 is 2.62 bits per heavy atom. The highest BCUT2D eigenvalue weighted by Gasteiger charge is 2.41. The molecule has 15 heteroatoms. The SMILES string of the molecule is O=C(O)[C@H]1CN(c2nc3nc(Cl)ncc3s2)CCN1S(=O)(=O)c1ccc(OC(F)F)cc1. The van der Waals surface area contributed by atoms with Gasteiger partial charge in [-0.25, -0.2) is 13.4 Å². The number of benzene rings is 1. The summed E-state index contributed by atoms with van der Waals surface area (Å²) in [5.41, 5.74) is 0.359. The molecule has 3 aromatic rings. The van der Waals surface area contributed by atoms with Crippen molar-refractivity contribution < 1.29 is 31.8 Å². The first-order valence-electron chi connectivity index (χ1n) is 8.98. The van der Waals surface area contributed by atoms with Crippen LogP contribution in [0, 0.1) is 0 Å². The molecule has 0 amide bonds. The number of thiazole rings is 1. The Kier molecular flexibility index (Phi) is 6.11. The van der Waals surface area contributed by atoms with Crippen LogP contribution in [0.3, 0.4) is 0 Å². The summed E-state index contributed by atoms with van der Waals surface area (Å²) < 4.78 is 56.5. The van der Waals surface area contributed by atoms with Crippen molar-refractivity contribution in [2.75, 3.05) is 24.5 Å². The van der Waals surface area contributed by atoms with Crippen molar-refractivity contribution >= 4 is 54.4 Å². The summed E-state index contributed by atoms with van der Waals surface area (Å²) >= 11 is 7.01. The monoisotopic (exact) mass is 505 g/mol. The number of nitrogens with zero attached hydrogens (tertiary/aromatic N) is 5. The van der Waals surface area contributed by atoms with Crippen LogP contribution >= 0.6 is 22.9 Å². The number of aliphatic carboxylic acids is 1. The van der Waals surface area contributed by atoms with E-state index in [0.29, 0.717) is 15.5 Å². The summed E-state index contributed by atoms with van der Waals surface area (Å²) in [4.78, 5) is 25.6. The maximum atomic E-state index is 13.1. The van der Waals surface area contributed by atoms with Gasteiger partial charge in [0.1, 0.15) is 11.8 Å². The maximum Gasteiger partial charge on any atom is 0.387 e. The highest BCUT2D eigenvalue weighted by Crippen LogP contribution is 2.31. The van der Waals surface area contributed by atoms with E-state index in [1.807, 2.05) is 0 Å². The van der Waals surface area contributed by atoms with Crippen LogP contribution in [-0.4, -0.2) is 71.0 Å². The molecule has 0 radical (unpaired) electrons. The Bertz CT molecular complexity index is 1260. The Morgan fingerprint density at radius 2 is 1.97 bits per heavy atom. The van der Waals surface area contributed by atoms with Gasteiger partial charge in [0, 0.05) is 19.6 Å². The lowest BCUT2D eigenvalue weighted by molar-refractivity contribution is -0.141. The fourth-order valence-electron chi connectivity index (χ4n) is 3.20. The predicted octanol–water partition coefficient (Wildman–Crippen LogP) is 2.31. The minimum Gasteiger partial charge on any atom is -0.480 e. The molecule has 3 heterocycles. The molecule has 0 saturated carbocycles. The molecule has 10 nitrogen and oxygen atoms in total. The number of ether oxygens (including phenoxy) is 1. The molecule has 2 aromatic heterocycles. The molecule has 1 aromatic carbocycles. The third kappa shape index (κ3) is 4.44. The second-order valence-electron chi connectivity index (χ2n) is 6.59. The van der Waals surface area contributed by atoms with Crippen LogP contribution in [-0.2, 0) is 14.8 Å². The average molecular weight is 506 g/mol. The molecule has 1 N–H and O–H groups in total.